The quantitative estimate of drug-likeness (QED) is 0.0641. The van der Waals surface area contributed by atoms with Crippen molar-refractivity contribution in [2.24, 2.45) is 5.92 Å². The normalized spacial score (nSPS) is 15.5. The monoisotopic (exact) mass is 805 g/mol. The first-order valence-electron chi connectivity index (χ1n) is 17.0. The van der Waals surface area contributed by atoms with E-state index < -0.39 is 35.6 Å². The summed E-state index contributed by atoms with van der Waals surface area (Å²) in [4.78, 5) is 3.77. The minimum Gasteiger partial charge on any atom is -0.436 e. The fourth-order valence-corrected chi connectivity index (χ4v) is 8.37. The lowest BCUT2D eigenvalue weighted by Crippen LogP contribution is -2.41. The summed E-state index contributed by atoms with van der Waals surface area (Å²) in [6.07, 6.45) is 7.18. The number of likely N-dealkylation sites (N-methyl/N-ethyl adjacent to an activating group) is 1. The summed E-state index contributed by atoms with van der Waals surface area (Å²) in [5, 5.41) is 13.1. The molecule has 284 valence electrons. The van der Waals surface area contributed by atoms with Crippen LogP contribution in [0.3, 0.4) is 0 Å². The molecule has 15 heteroatoms. The molecule has 1 aliphatic rings. The number of oxazole rings is 1. The molecule has 0 aliphatic heterocycles. The minimum atomic E-state index is -4.47. The van der Waals surface area contributed by atoms with Gasteiger partial charge in [0.05, 0.1) is 43.6 Å². The molecule has 0 bridgehead atoms. The number of aliphatic hydroxyl groups is 1. The third-order valence-electron chi connectivity index (χ3n) is 9.36. The average Bonchev–Trinajstić information content (AvgIpc) is 3.59. The van der Waals surface area contributed by atoms with Crippen molar-refractivity contribution in [3.8, 4) is 0 Å². The zero-order valence-electron chi connectivity index (χ0n) is 29.4. The molecule has 3 N–H and O–H groups in total. The first kappa shape index (κ1) is 40.8. The third kappa shape index (κ3) is 10.2. The van der Waals surface area contributed by atoms with Crippen LogP contribution in [-0.4, -0.2) is 67.8 Å². The Morgan fingerprint density at radius 3 is 2.00 bits per heavy atom. The van der Waals surface area contributed by atoms with Crippen LogP contribution in [0.15, 0.2) is 105 Å². The van der Waals surface area contributed by atoms with Gasteiger partial charge in [0.15, 0.2) is 11.4 Å². The number of aromatic nitrogens is 1. The standard InChI is InChI=1S/C28H35Cl2N2O3.C10H8O6S2/c1-32(2,15-16-34-20-21-13-14-25(29)26(30)17-21)19-24-18-31-27(35-24)28(33,22-9-5-3-6-10-22)23-11-7-4-8-12-23;11-17(12,13)9-5-1-3-7-8(9)4-2-6-10(7)18(14,15)16/h3,5-6,9-10,13-14,17-18,23,33H,4,7-8,11-12,15-16,19-20H2,1-2H3;1-6H,(H,11,12,13)(H,14,15,16)/q+1;/t28-;/m0./s1. The summed E-state index contributed by atoms with van der Waals surface area (Å²) in [5.74, 6) is 1.27. The van der Waals surface area contributed by atoms with E-state index in [1.807, 2.05) is 42.5 Å². The summed E-state index contributed by atoms with van der Waals surface area (Å²) in [7, 11) is -4.67. The SMILES string of the molecule is C[N+](C)(CCOCc1ccc(Cl)c(Cl)c1)Cc1cnc([C@](O)(c2ccccc2)C2CCCCC2)o1.O=S(=O)(O)c1cccc2c(S(=O)(=O)O)cccc12. The zero-order chi connectivity index (χ0) is 38.4. The van der Waals surface area contributed by atoms with Gasteiger partial charge < -0.3 is 18.7 Å². The van der Waals surface area contributed by atoms with Crippen molar-refractivity contribution in [1.29, 1.82) is 0 Å². The van der Waals surface area contributed by atoms with E-state index in [4.69, 9.17) is 41.5 Å². The van der Waals surface area contributed by atoms with Crippen molar-refractivity contribution in [2.45, 2.75) is 60.6 Å². The lowest BCUT2D eigenvalue weighted by Gasteiger charge is -2.36. The molecular weight excluding hydrogens is 763 g/mol. The Hall–Kier alpha value is -3.37. The highest BCUT2D eigenvalue weighted by molar-refractivity contribution is 7.86. The molecule has 4 aromatic carbocycles. The number of ether oxygens (including phenoxy) is 1. The zero-order valence-corrected chi connectivity index (χ0v) is 32.5. The van der Waals surface area contributed by atoms with Crippen LogP contribution in [0.4, 0.5) is 0 Å². The topological polar surface area (TPSA) is 164 Å². The molecule has 5 aromatic rings. The number of halogens is 2. The number of hydrogen-bond donors (Lipinski definition) is 3. The molecule has 0 amide bonds. The van der Waals surface area contributed by atoms with E-state index in [1.165, 1.54) is 30.7 Å². The van der Waals surface area contributed by atoms with E-state index in [1.54, 1.807) is 12.3 Å². The van der Waals surface area contributed by atoms with Gasteiger partial charge in [-0.05, 0) is 48.2 Å². The second-order valence-electron chi connectivity index (χ2n) is 13.8. The van der Waals surface area contributed by atoms with Gasteiger partial charge in [0.25, 0.3) is 20.2 Å². The number of benzene rings is 4. The maximum Gasteiger partial charge on any atom is 0.295 e. The summed E-state index contributed by atoms with van der Waals surface area (Å²) >= 11 is 12.1. The number of hydrogen-bond acceptors (Lipinski definition) is 8. The van der Waals surface area contributed by atoms with Crippen LogP contribution in [0.2, 0.25) is 10.0 Å². The largest absolute Gasteiger partial charge is 0.436 e. The second kappa shape index (κ2) is 17.0. The predicted octanol–water partition coefficient (Wildman–Crippen LogP) is 7.92. The van der Waals surface area contributed by atoms with Crippen LogP contribution in [-0.2, 0) is 43.7 Å². The summed E-state index contributed by atoms with van der Waals surface area (Å²) < 4.78 is 75.5. The molecular formula is C38H43Cl2N2O9S2+. The Morgan fingerprint density at radius 2 is 1.43 bits per heavy atom. The molecule has 53 heavy (non-hydrogen) atoms. The summed E-state index contributed by atoms with van der Waals surface area (Å²) in [5.41, 5.74) is 0.636. The first-order valence-corrected chi connectivity index (χ1v) is 20.7. The Bertz CT molecular complexity index is 2170. The number of quaternary nitrogens is 1. The highest BCUT2D eigenvalue weighted by Crippen LogP contribution is 2.43. The van der Waals surface area contributed by atoms with Crippen molar-refractivity contribution in [3.05, 3.63) is 124 Å². The van der Waals surface area contributed by atoms with Gasteiger partial charge in [-0.1, -0.05) is 103 Å². The number of fused-ring (bicyclic) bond motifs is 1. The van der Waals surface area contributed by atoms with Crippen LogP contribution >= 0.6 is 23.2 Å². The van der Waals surface area contributed by atoms with Gasteiger partial charge >= 0.3 is 0 Å². The molecule has 11 nitrogen and oxygen atoms in total. The van der Waals surface area contributed by atoms with Crippen LogP contribution in [0.25, 0.3) is 10.8 Å². The van der Waals surface area contributed by atoms with Gasteiger partial charge in [-0.25, -0.2) is 4.98 Å². The van der Waals surface area contributed by atoms with E-state index in [9.17, 15) is 21.9 Å². The number of rotatable bonds is 12. The van der Waals surface area contributed by atoms with Crippen molar-refractivity contribution >= 4 is 54.2 Å². The maximum atomic E-state index is 12.0. The van der Waals surface area contributed by atoms with Gasteiger partial charge in [0, 0.05) is 16.7 Å². The number of nitrogens with zero attached hydrogens (tertiary/aromatic N) is 2. The molecule has 0 saturated heterocycles. The molecule has 0 radical (unpaired) electrons. The van der Waals surface area contributed by atoms with Gasteiger partial charge in [-0.15, -0.1) is 0 Å². The first-order chi connectivity index (χ1) is 25.0. The van der Waals surface area contributed by atoms with Gasteiger partial charge in [0.1, 0.15) is 22.9 Å². The molecule has 1 atom stereocenters. The van der Waals surface area contributed by atoms with Crippen molar-refractivity contribution in [1.82, 2.24) is 4.98 Å². The smallest absolute Gasteiger partial charge is 0.295 e. The Labute approximate surface area is 320 Å². The summed E-state index contributed by atoms with van der Waals surface area (Å²) in [6.45, 7) is 2.51. The average molecular weight is 807 g/mol. The van der Waals surface area contributed by atoms with Crippen molar-refractivity contribution in [3.63, 3.8) is 0 Å². The molecule has 0 spiro atoms. The predicted molar refractivity (Wildman–Crippen MR) is 203 cm³/mol. The molecule has 1 saturated carbocycles. The molecule has 1 heterocycles. The highest BCUT2D eigenvalue weighted by Gasteiger charge is 2.45. The third-order valence-corrected chi connectivity index (χ3v) is 11.9. The van der Waals surface area contributed by atoms with Crippen LogP contribution in [0, 0.1) is 5.92 Å². The second-order valence-corrected chi connectivity index (χ2v) is 17.4. The lowest BCUT2D eigenvalue weighted by atomic mass is 9.73. The van der Waals surface area contributed by atoms with E-state index in [0.29, 0.717) is 40.2 Å². The van der Waals surface area contributed by atoms with Crippen molar-refractivity contribution < 1.29 is 44.7 Å². The van der Waals surface area contributed by atoms with Crippen LogP contribution in [0.5, 0.6) is 0 Å². The minimum absolute atomic E-state index is 0.0233. The molecule has 1 aromatic heterocycles. The fraction of sp³-hybridized carbons (Fsp3) is 0.342. The molecule has 6 rings (SSSR count). The fourth-order valence-electron chi connectivity index (χ4n) is 6.64. The van der Waals surface area contributed by atoms with Gasteiger partial charge in [0.2, 0.25) is 5.89 Å². The van der Waals surface area contributed by atoms with Gasteiger partial charge in [-0.2, -0.15) is 16.8 Å². The van der Waals surface area contributed by atoms with Crippen LogP contribution in [0.1, 0.15) is 54.9 Å². The Kier molecular flexibility index (Phi) is 13.1. The molecule has 1 aliphatic carbocycles. The van der Waals surface area contributed by atoms with E-state index in [0.717, 1.165) is 61.2 Å². The van der Waals surface area contributed by atoms with Crippen LogP contribution < -0.4 is 0 Å². The van der Waals surface area contributed by atoms with E-state index in [2.05, 4.69) is 19.1 Å². The Balaban J connectivity index is 0.000000252. The van der Waals surface area contributed by atoms with E-state index in [-0.39, 0.29) is 16.7 Å². The van der Waals surface area contributed by atoms with E-state index >= 15 is 0 Å². The Morgan fingerprint density at radius 1 is 0.830 bits per heavy atom. The van der Waals surface area contributed by atoms with Gasteiger partial charge in [-0.3, -0.25) is 9.11 Å². The molecule has 0 unspecified atom stereocenters. The lowest BCUT2D eigenvalue weighted by molar-refractivity contribution is -0.905. The highest BCUT2D eigenvalue weighted by atomic mass is 35.5. The molecule has 1 fully saturated rings. The summed E-state index contributed by atoms with van der Waals surface area (Å²) in [6, 6.07) is 22.9. The maximum absolute atomic E-state index is 12.0. The van der Waals surface area contributed by atoms with Crippen molar-refractivity contribution in [2.75, 3.05) is 27.2 Å².